The average Bonchev–Trinajstić information content (AvgIpc) is 1.86. The van der Waals surface area contributed by atoms with E-state index in [2.05, 4.69) is 52.6 Å². The Kier molecular flexibility index (Phi) is 25.3. The fraction of sp³-hybridized carbons (Fsp3) is 0.667. The van der Waals surface area contributed by atoms with Crippen molar-refractivity contribution in [3.8, 4) is 0 Å². The first-order valence-electron chi connectivity index (χ1n) is 2.74. The second kappa shape index (κ2) is 16.6. The summed E-state index contributed by atoms with van der Waals surface area (Å²) in [5, 5.41) is 0. The van der Waals surface area contributed by atoms with Crippen molar-refractivity contribution in [3.05, 3.63) is 13.8 Å². The molecule has 0 heterocycles. The molecule has 0 aromatic carbocycles. The van der Waals surface area contributed by atoms with Crippen molar-refractivity contribution in [1.29, 1.82) is 0 Å². The second-order valence-electron chi connectivity index (χ2n) is 1.46. The van der Waals surface area contributed by atoms with Gasteiger partial charge in [-0.15, -0.1) is 0 Å². The van der Waals surface area contributed by atoms with Crippen LogP contribution in [0.4, 0.5) is 0 Å². The summed E-state index contributed by atoms with van der Waals surface area (Å²) in [6.45, 7) is 7.39. The van der Waals surface area contributed by atoms with Crippen LogP contribution in [0, 0.1) is 13.8 Å². The molecule has 0 nitrogen and oxygen atoms in total. The third-order valence-electron chi connectivity index (χ3n) is 0.750. The van der Waals surface area contributed by atoms with E-state index in [4.69, 9.17) is 0 Å². The van der Waals surface area contributed by atoms with Crippen LogP contribution in [-0.4, -0.2) is 0 Å². The van der Waals surface area contributed by atoms with E-state index in [1.165, 1.54) is 12.8 Å². The van der Waals surface area contributed by atoms with E-state index < -0.39 is 0 Å². The zero-order chi connectivity index (χ0) is 7.54. The van der Waals surface area contributed by atoms with E-state index in [1.807, 2.05) is 0 Å². The van der Waals surface area contributed by atoms with Gasteiger partial charge in [-0.3, -0.25) is 0 Å². The van der Waals surface area contributed by atoms with Gasteiger partial charge in [0.2, 0.25) is 0 Å². The Bertz CT molecular complexity index is 30.2. The van der Waals surface area contributed by atoms with E-state index in [0.717, 1.165) is 12.8 Å². The second-order valence-corrected chi connectivity index (χ2v) is 18.1. The first-order valence-corrected chi connectivity index (χ1v) is 15.6. The summed E-state index contributed by atoms with van der Waals surface area (Å²) in [5.74, 6) is 0. The molecule has 0 spiro atoms. The summed E-state index contributed by atoms with van der Waals surface area (Å²) in [6, 6.07) is 0. The van der Waals surface area contributed by atoms with Gasteiger partial charge in [-0.05, 0) is 0 Å². The number of unbranched alkanes of at least 4 members (excludes halogenated alkanes) is 3. The van der Waals surface area contributed by atoms with Gasteiger partial charge in [0.1, 0.15) is 0 Å². The molecule has 9 heavy (non-hydrogen) atoms. The third-order valence-corrected chi connectivity index (χ3v) is 0.750. The Hall–Kier alpha value is 2.15. The van der Waals surface area contributed by atoms with Gasteiger partial charge in [-0.2, -0.15) is 12.8 Å². The average molecular weight is 533 g/mol. The van der Waals surface area contributed by atoms with Gasteiger partial charge in [0.15, 0.2) is 0 Å². The molecule has 0 aliphatic heterocycles. The zero-order valence-electron chi connectivity index (χ0n) is 5.31. The summed E-state index contributed by atoms with van der Waals surface area (Å²) in [6.07, 6.45) is 4.61. The van der Waals surface area contributed by atoms with Gasteiger partial charge in [-0.1, -0.05) is 12.8 Å². The number of hydrogen-bond acceptors (Lipinski definition) is 0. The van der Waals surface area contributed by atoms with Crippen molar-refractivity contribution in [2.24, 2.45) is 0 Å². The van der Waals surface area contributed by atoms with Crippen LogP contribution >= 0.6 is 38.7 Å². The van der Waals surface area contributed by atoms with Crippen LogP contribution in [-0.2, 0) is 11.2 Å². The molecule has 0 bridgehead atoms. The maximum absolute atomic E-state index is 3.70. The van der Waals surface area contributed by atoms with Gasteiger partial charge in [0.25, 0.3) is 0 Å². The third kappa shape index (κ3) is 25.4. The van der Waals surface area contributed by atoms with Crippen molar-refractivity contribution < 1.29 is 11.2 Å². The molecule has 0 aliphatic rings. The predicted octanol–water partition coefficient (Wildman–Crippen LogP) is 3.98. The van der Waals surface area contributed by atoms with E-state index >= 15 is 0 Å². The Morgan fingerprint density at radius 1 is 1.00 bits per heavy atom. The molecule has 0 saturated carbocycles. The molecule has 0 amide bonds. The molecule has 0 unspecified atom stereocenters. The molecule has 0 radical (unpaired) electrons. The predicted molar refractivity (Wildman–Crippen MR) is 57.2 cm³/mol. The van der Waals surface area contributed by atoms with Gasteiger partial charge < -0.3 is 13.8 Å². The Balaban J connectivity index is 0. The van der Waals surface area contributed by atoms with Crippen LogP contribution in [0.5, 0.6) is 0 Å². The molecular weight excluding hydrogens is 521 g/mol. The number of rotatable bonds is 3. The first-order chi connectivity index (χ1) is 4.33. The fourth-order valence-electron chi connectivity index (χ4n) is 0.354. The van der Waals surface area contributed by atoms with Crippen LogP contribution in [0.2, 0.25) is 0 Å². The summed E-state index contributed by atoms with van der Waals surface area (Å²) < 4.78 is 0. The topological polar surface area (TPSA) is 0 Å². The molecule has 0 aromatic rings. The summed E-state index contributed by atoms with van der Waals surface area (Å²) in [4.78, 5) is 0. The van der Waals surface area contributed by atoms with Crippen LogP contribution < -0.4 is 0 Å². The van der Waals surface area contributed by atoms with Gasteiger partial charge in [-0.25, -0.2) is 0 Å². The van der Waals surface area contributed by atoms with E-state index in [1.54, 1.807) is 0 Å². The molecule has 3 heteroatoms. The minimum absolute atomic E-state index is 0.523. The van der Waals surface area contributed by atoms with Crippen molar-refractivity contribution in [3.63, 3.8) is 0 Å². The van der Waals surface area contributed by atoms with Crippen LogP contribution in [0.3, 0.4) is 0 Å². The summed E-state index contributed by atoms with van der Waals surface area (Å²) >= 11 is 5.30. The SMILES string of the molecule is [CH2-]CCCC[CH2-].[I][Pt+2][I]. The molecule has 0 fully saturated rings. The molecule has 0 rings (SSSR count). The van der Waals surface area contributed by atoms with Crippen molar-refractivity contribution in [1.82, 2.24) is 0 Å². The molecule has 0 saturated heterocycles. The fourth-order valence-corrected chi connectivity index (χ4v) is 0.354. The number of hydrogen-bond donors (Lipinski definition) is 0. The van der Waals surface area contributed by atoms with Gasteiger partial charge in [0.05, 0.1) is 0 Å². The Morgan fingerprint density at radius 2 is 1.22 bits per heavy atom. The van der Waals surface area contributed by atoms with E-state index in [0.29, 0.717) is 11.2 Å². The Labute approximate surface area is 88.1 Å². The molecule has 0 aromatic heterocycles. The molecule has 0 atom stereocenters. The zero-order valence-corrected chi connectivity index (χ0v) is 11.9. The molecule has 0 N–H and O–H groups in total. The van der Waals surface area contributed by atoms with Crippen LogP contribution in [0.15, 0.2) is 0 Å². The van der Waals surface area contributed by atoms with Crippen LogP contribution in [0.1, 0.15) is 25.7 Å². The molecular formula is C6H12I2Pt. The Morgan fingerprint density at radius 3 is 1.33 bits per heavy atom. The molecule has 60 valence electrons. The van der Waals surface area contributed by atoms with Crippen molar-refractivity contribution in [2.45, 2.75) is 25.7 Å². The standard InChI is InChI=1S/C6H12.2HI.Pt/c1-3-5-6-4-2;;;/h1-6H2;2*1H;/q-2;;;+4/p-2. The van der Waals surface area contributed by atoms with E-state index in [-0.39, 0.29) is 0 Å². The van der Waals surface area contributed by atoms with Crippen molar-refractivity contribution in [2.75, 3.05) is 0 Å². The molecule has 0 aliphatic carbocycles. The number of halogens is 2. The minimum atomic E-state index is 0.523. The van der Waals surface area contributed by atoms with Gasteiger partial charge >= 0.3 is 49.9 Å². The normalized spacial score (nSPS) is 8.44. The van der Waals surface area contributed by atoms with Crippen molar-refractivity contribution >= 4 is 38.7 Å². The quantitative estimate of drug-likeness (QED) is 0.293. The summed E-state index contributed by atoms with van der Waals surface area (Å²) in [7, 11) is 0. The maximum atomic E-state index is 3.70. The van der Waals surface area contributed by atoms with Gasteiger partial charge in [0, 0.05) is 0 Å². The first kappa shape index (κ1) is 13.7. The van der Waals surface area contributed by atoms with E-state index in [9.17, 15) is 0 Å². The monoisotopic (exact) mass is 533 g/mol. The van der Waals surface area contributed by atoms with Crippen LogP contribution in [0.25, 0.3) is 0 Å². The summed E-state index contributed by atoms with van der Waals surface area (Å²) in [5.41, 5.74) is 0.